The van der Waals surface area contributed by atoms with E-state index in [4.69, 9.17) is 4.74 Å². The van der Waals surface area contributed by atoms with Crippen LogP contribution in [0.1, 0.15) is 33.8 Å². The zero-order valence-electron chi connectivity index (χ0n) is 17.1. The summed E-state index contributed by atoms with van der Waals surface area (Å²) in [6.45, 7) is 4.18. The van der Waals surface area contributed by atoms with Crippen LogP contribution in [0.4, 0.5) is 0 Å². The summed E-state index contributed by atoms with van der Waals surface area (Å²) in [4.78, 5) is 33.3. The van der Waals surface area contributed by atoms with E-state index < -0.39 is 0 Å². The van der Waals surface area contributed by atoms with Crippen molar-refractivity contribution < 1.29 is 14.3 Å². The van der Waals surface area contributed by atoms with Crippen LogP contribution in [0.5, 0.6) is 0 Å². The number of piperidine rings is 1. The number of ether oxygens (including phenoxy) is 1. The van der Waals surface area contributed by atoms with E-state index >= 15 is 0 Å². The number of morpholine rings is 1. The van der Waals surface area contributed by atoms with Crippen molar-refractivity contribution in [2.24, 2.45) is 5.92 Å². The van der Waals surface area contributed by atoms with Crippen LogP contribution in [0.2, 0.25) is 0 Å². The van der Waals surface area contributed by atoms with Gasteiger partial charge in [-0.05, 0) is 24.8 Å². The Morgan fingerprint density at radius 1 is 1.10 bits per heavy atom. The maximum atomic E-state index is 13.0. The van der Waals surface area contributed by atoms with Crippen molar-refractivity contribution in [2.75, 3.05) is 39.4 Å². The molecule has 2 fully saturated rings. The largest absolute Gasteiger partial charge is 0.378 e. The van der Waals surface area contributed by atoms with E-state index in [1.807, 2.05) is 4.90 Å². The number of nitrogens with zero attached hydrogens (tertiary/aromatic N) is 8. The summed E-state index contributed by atoms with van der Waals surface area (Å²) in [6, 6.07) is 3.49. The summed E-state index contributed by atoms with van der Waals surface area (Å²) in [6.07, 6.45) is 7.06. The number of hydrogen-bond acceptors (Lipinski definition) is 7. The molecule has 2 aliphatic heterocycles. The van der Waals surface area contributed by atoms with E-state index in [2.05, 4.69) is 20.4 Å². The van der Waals surface area contributed by atoms with E-state index in [-0.39, 0.29) is 17.7 Å². The first kappa shape index (κ1) is 19.6. The second-order valence-electron chi connectivity index (χ2n) is 7.94. The summed E-state index contributed by atoms with van der Waals surface area (Å²) in [5, 5.41) is 12.6. The molecule has 162 valence electrons. The number of amides is 2. The van der Waals surface area contributed by atoms with E-state index in [0.29, 0.717) is 63.0 Å². The number of aromatic nitrogens is 6. The predicted octanol–water partition coefficient (Wildman–Crippen LogP) is 0.346. The van der Waals surface area contributed by atoms with Crippen LogP contribution in [-0.4, -0.2) is 90.6 Å². The summed E-state index contributed by atoms with van der Waals surface area (Å²) in [5.74, 6) is 0.0355. The lowest BCUT2D eigenvalue weighted by Gasteiger charge is -2.32. The average Bonchev–Trinajstić information content (AvgIpc) is 3.46. The molecule has 0 unspecified atom stereocenters. The molecule has 3 aromatic rings. The molecule has 31 heavy (non-hydrogen) atoms. The Balaban J connectivity index is 1.22. The van der Waals surface area contributed by atoms with Crippen molar-refractivity contribution in [3.63, 3.8) is 0 Å². The highest BCUT2D eigenvalue weighted by atomic mass is 16.5. The minimum Gasteiger partial charge on any atom is -0.378 e. The zero-order chi connectivity index (χ0) is 21.2. The van der Waals surface area contributed by atoms with Crippen LogP contribution >= 0.6 is 0 Å². The van der Waals surface area contributed by atoms with Crippen LogP contribution in [0.15, 0.2) is 30.7 Å². The number of likely N-dealkylation sites (tertiary alicyclic amines) is 1. The Morgan fingerprint density at radius 3 is 2.77 bits per heavy atom. The van der Waals surface area contributed by atoms with Gasteiger partial charge in [-0.1, -0.05) is 5.21 Å². The summed E-state index contributed by atoms with van der Waals surface area (Å²) in [5.41, 5.74) is 1.40. The molecule has 5 rings (SSSR count). The highest BCUT2D eigenvalue weighted by Gasteiger charge is 2.27. The van der Waals surface area contributed by atoms with Crippen molar-refractivity contribution in [3.05, 3.63) is 42.1 Å². The molecule has 0 aromatic carbocycles. The molecule has 11 heteroatoms. The van der Waals surface area contributed by atoms with Gasteiger partial charge in [0.25, 0.3) is 11.8 Å². The van der Waals surface area contributed by atoms with E-state index in [1.54, 1.807) is 44.8 Å². The van der Waals surface area contributed by atoms with Crippen molar-refractivity contribution in [3.8, 4) is 0 Å². The molecule has 2 saturated heterocycles. The van der Waals surface area contributed by atoms with Crippen LogP contribution in [0.3, 0.4) is 0 Å². The Kier molecular flexibility index (Phi) is 5.33. The van der Waals surface area contributed by atoms with Gasteiger partial charge in [0.1, 0.15) is 0 Å². The fraction of sp³-hybridized carbons (Fsp3) is 0.500. The Hall–Kier alpha value is -3.34. The molecule has 0 saturated carbocycles. The average molecular weight is 424 g/mol. The first-order valence-electron chi connectivity index (χ1n) is 10.5. The highest BCUT2D eigenvalue weighted by molar-refractivity contribution is 5.93. The van der Waals surface area contributed by atoms with Gasteiger partial charge in [-0.3, -0.25) is 14.3 Å². The normalized spacial score (nSPS) is 19.7. The van der Waals surface area contributed by atoms with Crippen molar-refractivity contribution >= 4 is 17.5 Å². The smallest absolute Gasteiger partial charge is 0.276 e. The summed E-state index contributed by atoms with van der Waals surface area (Å²) in [7, 11) is 0. The minimum absolute atomic E-state index is 0.0861. The Bertz CT molecular complexity index is 1050. The molecule has 3 aromatic heterocycles. The Labute approximate surface area is 178 Å². The van der Waals surface area contributed by atoms with Gasteiger partial charge in [0, 0.05) is 51.2 Å². The van der Waals surface area contributed by atoms with Gasteiger partial charge in [0.2, 0.25) is 0 Å². The fourth-order valence-corrected chi connectivity index (χ4v) is 4.17. The molecule has 2 aliphatic rings. The number of rotatable bonds is 4. The topological polar surface area (TPSA) is 111 Å². The third kappa shape index (κ3) is 4.13. The predicted molar refractivity (Wildman–Crippen MR) is 108 cm³/mol. The quantitative estimate of drug-likeness (QED) is 0.594. The lowest BCUT2D eigenvalue weighted by molar-refractivity contribution is 0.0299. The SMILES string of the molecule is O=C(c1cn(C[C@H]2CCCN(C(=O)c3cc4ncccn4n3)C2)nn1)N1CCOCC1. The molecule has 0 aliphatic carbocycles. The number of fused-ring (bicyclic) bond motifs is 1. The molecule has 0 spiro atoms. The van der Waals surface area contributed by atoms with Crippen LogP contribution in [0.25, 0.3) is 5.65 Å². The van der Waals surface area contributed by atoms with Crippen molar-refractivity contribution in [1.82, 2.24) is 39.4 Å². The Morgan fingerprint density at radius 2 is 1.94 bits per heavy atom. The highest BCUT2D eigenvalue weighted by Crippen LogP contribution is 2.20. The monoisotopic (exact) mass is 424 g/mol. The second-order valence-corrected chi connectivity index (χ2v) is 7.94. The molecule has 2 amide bonds. The minimum atomic E-state index is -0.115. The third-order valence-corrected chi connectivity index (χ3v) is 5.76. The first-order valence-corrected chi connectivity index (χ1v) is 10.5. The molecule has 5 heterocycles. The third-order valence-electron chi connectivity index (χ3n) is 5.76. The molecular weight excluding hydrogens is 400 g/mol. The maximum Gasteiger partial charge on any atom is 0.276 e. The number of carbonyl (C=O) groups excluding carboxylic acids is 2. The molecule has 11 nitrogen and oxygen atoms in total. The van der Waals surface area contributed by atoms with Crippen molar-refractivity contribution in [2.45, 2.75) is 19.4 Å². The standard InChI is InChI=1S/C20H24N8O3/c29-19(16-11-18-21-4-2-6-28(18)23-16)26-5-1-3-15(12-26)13-27-14-17(22-24-27)20(30)25-7-9-31-10-8-25/h2,4,6,11,14-15H,1,3,5,7-10,12-13H2/t15-/m0/s1. The molecule has 1 atom stereocenters. The van der Waals surface area contributed by atoms with Gasteiger partial charge in [-0.2, -0.15) is 5.10 Å². The van der Waals surface area contributed by atoms with E-state index in [0.717, 1.165) is 12.8 Å². The van der Waals surface area contributed by atoms with Gasteiger partial charge in [-0.25, -0.2) is 9.50 Å². The van der Waals surface area contributed by atoms with Gasteiger partial charge in [0.05, 0.1) is 19.4 Å². The second kappa shape index (κ2) is 8.42. The van der Waals surface area contributed by atoms with Crippen LogP contribution < -0.4 is 0 Å². The summed E-state index contributed by atoms with van der Waals surface area (Å²) >= 11 is 0. The maximum absolute atomic E-state index is 13.0. The lowest BCUT2D eigenvalue weighted by atomic mass is 9.98. The van der Waals surface area contributed by atoms with Gasteiger partial charge in [-0.15, -0.1) is 5.10 Å². The molecule has 0 N–H and O–H groups in total. The summed E-state index contributed by atoms with van der Waals surface area (Å²) < 4.78 is 8.61. The van der Waals surface area contributed by atoms with Crippen LogP contribution in [-0.2, 0) is 11.3 Å². The molecule has 0 radical (unpaired) electrons. The first-order chi connectivity index (χ1) is 15.2. The van der Waals surface area contributed by atoms with Gasteiger partial charge >= 0.3 is 0 Å². The zero-order valence-corrected chi connectivity index (χ0v) is 17.1. The fourth-order valence-electron chi connectivity index (χ4n) is 4.17. The van der Waals surface area contributed by atoms with Crippen molar-refractivity contribution in [1.29, 1.82) is 0 Å². The molecular formula is C20H24N8O3. The van der Waals surface area contributed by atoms with Gasteiger partial charge < -0.3 is 14.5 Å². The lowest BCUT2D eigenvalue weighted by Crippen LogP contribution is -2.41. The number of hydrogen-bond donors (Lipinski definition) is 0. The van der Waals surface area contributed by atoms with Crippen LogP contribution in [0, 0.1) is 5.92 Å². The van der Waals surface area contributed by atoms with Gasteiger partial charge in [0.15, 0.2) is 17.0 Å². The molecule has 0 bridgehead atoms. The van der Waals surface area contributed by atoms with E-state index in [1.165, 1.54) is 0 Å². The van der Waals surface area contributed by atoms with E-state index in [9.17, 15) is 9.59 Å². The number of carbonyl (C=O) groups is 2.